The van der Waals surface area contributed by atoms with Gasteiger partial charge in [0.1, 0.15) is 9.81 Å². The zero-order valence-corrected chi connectivity index (χ0v) is 18.7. The zero-order valence-electron chi connectivity index (χ0n) is 17.0. The largest absolute Gasteiger partial charge is 0.444 e. The van der Waals surface area contributed by atoms with E-state index in [0.717, 1.165) is 16.2 Å². The maximum atomic E-state index is 12.6. The maximum Gasteiger partial charge on any atom is 0.407 e. The molecule has 9 nitrogen and oxygen atoms in total. The molecule has 11 heteroatoms. The fourth-order valence-corrected chi connectivity index (χ4v) is 5.39. The summed E-state index contributed by atoms with van der Waals surface area (Å²) in [6.07, 6.45) is 0.220. The summed E-state index contributed by atoms with van der Waals surface area (Å²) in [5.41, 5.74) is -0.559. The summed E-state index contributed by atoms with van der Waals surface area (Å²) >= 11 is 1.15. The van der Waals surface area contributed by atoms with Crippen molar-refractivity contribution in [2.75, 3.05) is 32.8 Å². The molecule has 1 saturated heterocycles. The van der Waals surface area contributed by atoms with Crippen LogP contribution >= 0.6 is 11.3 Å². The Kier molecular flexibility index (Phi) is 8.44. The van der Waals surface area contributed by atoms with Crippen LogP contribution in [0.5, 0.6) is 0 Å². The van der Waals surface area contributed by atoms with Gasteiger partial charge in [0.25, 0.3) is 10.0 Å². The SMILES string of the molecule is CC(C)(C)OC(=O)NCCCC(=O)NCc1ccc(S(=O)(=O)N2CCOCC2)s1. The van der Waals surface area contributed by atoms with Gasteiger partial charge in [-0.2, -0.15) is 4.31 Å². The standard InChI is InChI=1S/C18H29N3O6S2/c1-18(2,3)27-17(23)19-8-4-5-15(22)20-13-14-6-7-16(28-14)29(24,25)21-9-11-26-12-10-21/h6-7H,4-5,8-13H2,1-3H3,(H,19,23)(H,20,22). The predicted octanol–water partition coefficient (Wildman–Crippen LogP) is 1.69. The Morgan fingerprint density at radius 2 is 1.90 bits per heavy atom. The van der Waals surface area contributed by atoms with E-state index >= 15 is 0 Å². The van der Waals surface area contributed by atoms with Gasteiger partial charge in [0.05, 0.1) is 19.8 Å². The Hall–Kier alpha value is -1.69. The summed E-state index contributed by atoms with van der Waals surface area (Å²) in [4.78, 5) is 24.2. The zero-order chi connectivity index (χ0) is 21.5. The van der Waals surface area contributed by atoms with Crippen LogP contribution in [-0.2, 0) is 30.8 Å². The lowest BCUT2D eigenvalue weighted by Crippen LogP contribution is -2.40. The molecule has 2 heterocycles. The van der Waals surface area contributed by atoms with Crippen LogP contribution in [0.2, 0.25) is 0 Å². The molecular formula is C18H29N3O6S2. The Labute approximate surface area is 175 Å². The number of carbonyl (C=O) groups excluding carboxylic acids is 2. The van der Waals surface area contributed by atoms with E-state index in [0.29, 0.717) is 39.3 Å². The first kappa shape index (κ1) is 23.6. The van der Waals surface area contributed by atoms with Crippen molar-refractivity contribution in [3.05, 3.63) is 17.0 Å². The van der Waals surface area contributed by atoms with E-state index in [2.05, 4.69) is 10.6 Å². The van der Waals surface area contributed by atoms with E-state index in [1.807, 2.05) is 0 Å². The third-order valence-corrected chi connectivity index (χ3v) is 7.36. The lowest BCUT2D eigenvalue weighted by Gasteiger charge is -2.25. The van der Waals surface area contributed by atoms with Gasteiger partial charge >= 0.3 is 6.09 Å². The van der Waals surface area contributed by atoms with Gasteiger partial charge in [0, 0.05) is 30.9 Å². The van der Waals surface area contributed by atoms with Crippen molar-refractivity contribution in [1.29, 1.82) is 0 Å². The molecule has 0 aromatic carbocycles. The fourth-order valence-electron chi connectivity index (χ4n) is 2.53. The number of amides is 2. The molecule has 2 amide bonds. The molecule has 1 fully saturated rings. The third kappa shape index (κ3) is 7.92. The lowest BCUT2D eigenvalue weighted by atomic mass is 10.2. The van der Waals surface area contributed by atoms with Gasteiger partial charge in [-0.3, -0.25) is 4.79 Å². The van der Waals surface area contributed by atoms with E-state index in [-0.39, 0.29) is 23.1 Å². The second kappa shape index (κ2) is 10.4. The van der Waals surface area contributed by atoms with Crippen molar-refractivity contribution in [3.63, 3.8) is 0 Å². The highest BCUT2D eigenvalue weighted by Crippen LogP contribution is 2.25. The molecule has 0 bridgehead atoms. The van der Waals surface area contributed by atoms with Crippen molar-refractivity contribution in [2.24, 2.45) is 0 Å². The number of carbonyl (C=O) groups is 2. The number of thiophene rings is 1. The Balaban J connectivity index is 1.71. The van der Waals surface area contributed by atoms with Crippen LogP contribution in [0, 0.1) is 0 Å². The summed E-state index contributed by atoms with van der Waals surface area (Å²) in [5.74, 6) is -0.165. The molecule has 1 aromatic rings. The van der Waals surface area contributed by atoms with E-state index in [4.69, 9.17) is 9.47 Å². The first-order valence-corrected chi connectivity index (χ1v) is 11.7. The van der Waals surface area contributed by atoms with Crippen LogP contribution in [0.3, 0.4) is 0 Å². The van der Waals surface area contributed by atoms with Gasteiger partial charge in [-0.1, -0.05) is 0 Å². The second-order valence-electron chi connectivity index (χ2n) is 7.55. The van der Waals surface area contributed by atoms with Gasteiger partial charge < -0.3 is 20.1 Å². The van der Waals surface area contributed by atoms with Gasteiger partial charge in [0.2, 0.25) is 5.91 Å². The number of ether oxygens (including phenoxy) is 2. The summed E-state index contributed by atoms with van der Waals surface area (Å²) in [5, 5.41) is 5.37. The molecule has 164 valence electrons. The van der Waals surface area contributed by atoms with E-state index < -0.39 is 21.7 Å². The van der Waals surface area contributed by atoms with Crippen molar-refractivity contribution < 1.29 is 27.5 Å². The lowest BCUT2D eigenvalue weighted by molar-refractivity contribution is -0.121. The highest BCUT2D eigenvalue weighted by atomic mass is 32.2. The minimum absolute atomic E-state index is 0.165. The fraction of sp³-hybridized carbons (Fsp3) is 0.667. The number of rotatable bonds is 8. The second-order valence-corrected chi connectivity index (χ2v) is 10.9. The van der Waals surface area contributed by atoms with Gasteiger partial charge in [-0.05, 0) is 39.3 Å². The number of hydrogen-bond acceptors (Lipinski definition) is 7. The van der Waals surface area contributed by atoms with Crippen LogP contribution < -0.4 is 10.6 Å². The van der Waals surface area contributed by atoms with Crippen LogP contribution in [0.15, 0.2) is 16.3 Å². The summed E-state index contributed by atoms with van der Waals surface area (Å²) in [6.45, 7) is 7.44. The maximum absolute atomic E-state index is 12.6. The average molecular weight is 448 g/mol. The average Bonchev–Trinajstić information content (AvgIpc) is 3.13. The van der Waals surface area contributed by atoms with E-state index in [1.165, 1.54) is 4.31 Å². The molecule has 1 aromatic heterocycles. The number of nitrogens with one attached hydrogen (secondary N) is 2. The molecule has 0 spiro atoms. The normalized spacial score (nSPS) is 15.7. The molecule has 1 aliphatic rings. The molecule has 1 aliphatic heterocycles. The molecule has 0 atom stereocenters. The number of alkyl carbamates (subject to hydrolysis) is 1. The minimum atomic E-state index is -3.51. The highest BCUT2D eigenvalue weighted by Gasteiger charge is 2.27. The van der Waals surface area contributed by atoms with Crippen molar-refractivity contribution in [3.8, 4) is 0 Å². The molecule has 0 unspecified atom stereocenters. The summed E-state index contributed by atoms with van der Waals surface area (Å²) < 4.78 is 37.2. The molecule has 0 saturated carbocycles. The predicted molar refractivity (Wildman–Crippen MR) is 109 cm³/mol. The monoisotopic (exact) mass is 447 g/mol. The quantitative estimate of drug-likeness (QED) is 0.586. The van der Waals surface area contributed by atoms with Gasteiger partial charge in [-0.25, -0.2) is 13.2 Å². The Morgan fingerprint density at radius 1 is 1.21 bits per heavy atom. The smallest absolute Gasteiger partial charge is 0.407 e. The van der Waals surface area contributed by atoms with E-state index in [9.17, 15) is 18.0 Å². The van der Waals surface area contributed by atoms with Crippen LogP contribution in [-0.4, -0.2) is 63.2 Å². The number of hydrogen-bond donors (Lipinski definition) is 2. The third-order valence-electron chi connectivity index (χ3n) is 3.91. The number of nitrogens with zero attached hydrogens (tertiary/aromatic N) is 1. The molecule has 2 N–H and O–H groups in total. The molecule has 0 aliphatic carbocycles. The highest BCUT2D eigenvalue weighted by molar-refractivity contribution is 7.91. The van der Waals surface area contributed by atoms with Crippen LogP contribution in [0.25, 0.3) is 0 Å². The van der Waals surface area contributed by atoms with Crippen molar-refractivity contribution in [2.45, 2.75) is 50.0 Å². The Morgan fingerprint density at radius 3 is 2.55 bits per heavy atom. The van der Waals surface area contributed by atoms with Gasteiger partial charge in [-0.15, -0.1) is 11.3 Å². The number of sulfonamides is 1. The van der Waals surface area contributed by atoms with Crippen molar-refractivity contribution >= 4 is 33.4 Å². The Bertz CT molecular complexity index is 795. The topological polar surface area (TPSA) is 114 Å². The summed E-state index contributed by atoms with van der Waals surface area (Å²) in [7, 11) is -3.51. The molecule has 2 rings (SSSR count). The first-order valence-electron chi connectivity index (χ1n) is 9.48. The van der Waals surface area contributed by atoms with Gasteiger partial charge in [0.15, 0.2) is 0 Å². The van der Waals surface area contributed by atoms with Crippen LogP contribution in [0.1, 0.15) is 38.5 Å². The molecule has 0 radical (unpaired) electrons. The minimum Gasteiger partial charge on any atom is -0.444 e. The van der Waals surface area contributed by atoms with Crippen molar-refractivity contribution in [1.82, 2.24) is 14.9 Å². The molecular weight excluding hydrogens is 418 g/mol. The first-order chi connectivity index (χ1) is 13.6. The van der Waals surface area contributed by atoms with E-state index in [1.54, 1.807) is 32.9 Å². The molecule has 29 heavy (non-hydrogen) atoms. The number of morpholine rings is 1. The summed E-state index contributed by atoms with van der Waals surface area (Å²) in [6, 6.07) is 3.28. The van der Waals surface area contributed by atoms with Crippen LogP contribution in [0.4, 0.5) is 4.79 Å².